The van der Waals surface area contributed by atoms with Crippen LogP contribution in [0.4, 0.5) is 5.69 Å². The quantitative estimate of drug-likeness (QED) is 0.587. The molecule has 0 saturated carbocycles. The minimum Gasteiger partial charge on any atom is -0.456 e. The third-order valence-corrected chi connectivity index (χ3v) is 4.22. The highest BCUT2D eigenvalue weighted by Gasteiger charge is 2.07. The maximum absolute atomic E-state index is 5.94. The van der Waals surface area contributed by atoms with E-state index in [4.69, 9.17) is 4.42 Å². The van der Waals surface area contributed by atoms with Crippen molar-refractivity contribution in [3.8, 4) is 11.3 Å². The number of nitrogens with zero attached hydrogens (tertiary/aromatic N) is 1. The van der Waals surface area contributed by atoms with Gasteiger partial charge in [0.05, 0.1) is 0 Å². The van der Waals surface area contributed by atoms with Crippen molar-refractivity contribution in [1.29, 1.82) is 0 Å². The number of hydrogen-bond acceptors (Lipinski definition) is 2. The van der Waals surface area contributed by atoms with E-state index < -0.39 is 0 Å². The Morgan fingerprint density at radius 3 is 2.50 bits per heavy atom. The van der Waals surface area contributed by atoms with Crippen LogP contribution >= 0.6 is 22.6 Å². The Labute approximate surface area is 132 Å². The topological polar surface area (TPSA) is 16.4 Å². The van der Waals surface area contributed by atoms with E-state index in [1.165, 1.54) is 9.26 Å². The number of furan rings is 1. The highest BCUT2D eigenvalue weighted by Crippen LogP contribution is 2.29. The Kier molecular flexibility index (Phi) is 3.70. The number of hydrogen-bond donors (Lipinski definition) is 0. The van der Waals surface area contributed by atoms with Gasteiger partial charge in [-0.25, -0.2) is 0 Å². The maximum Gasteiger partial charge on any atom is 0.135 e. The van der Waals surface area contributed by atoms with Crippen LogP contribution in [-0.2, 0) is 0 Å². The Morgan fingerprint density at radius 1 is 1.05 bits per heavy atom. The molecule has 102 valence electrons. The number of anilines is 1. The Balaban J connectivity index is 1.98. The van der Waals surface area contributed by atoms with Gasteiger partial charge in [0.25, 0.3) is 0 Å². The van der Waals surface area contributed by atoms with E-state index in [1.807, 2.05) is 0 Å². The van der Waals surface area contributed by atoms with Gasteiger partial charge in [-0.3, -0.25) is 0 Å². The van der Waals surface area contributed by atoms with Gasteiger partial charge < -0.3 is 9.32 Å². The highest BCUT2D eigenvalue weighted by molar-refractivity contribution is 14.1. The molecule has 1 heterocycles. The molecule has 3 aromatic rings. The van der Waals surface area contributed by atoms with E-state index in [9.17, 15) is 0 Å². The number of fused-ring (bicyclic) bond motifs is 1. The molecule has 0 aliphatic rings. The van der Waals surface area contributed by atoms with Crippen LogP contribution in [0.1, 0.15) is 6.92 Å². The minimum absolute atomic E-state index is 0.924. The molecule has 1 aromatic heterocycles. The molecule has 3 rings (SSSR count). The average Bonchev–Trinajstić information content (AvgIpc) is 2.89. The summed E-state index contributed by atoms with van der Waals surface area (Å²) in [6.45, 7) is 3.15. The normalized spacial score (nSPS) is 10.9. The van der Waals surface area contributed by atoms with Crippen LogP contribution in [0.2, 0.25) is 0 Å². The van der Waals surface area contributed by atoms with Gasteiger partial charge in [0.2, 0.25) is 0 Å². The molecule has 0 N–H and O–H groups in total. The first-order chi connectivity index (χ1) is 9.67. The fourth-order valence-electron chi connectivity index (χ4n) is 2.21. The minimum atomic E-state index is 0.924. The van der Waals surface area contributed by atoms with E-state index in [-0.39, 0.29) is 0 Å². The Hall–Kier alpha value is -1.49. The van der Waals surface area contributed by atoms with E-state index in [2.05, 4.69) is 90.0 Å². The lowest BCUT2D eigenvalue weighted by Gasteiger charge is -2.16. The number of rotatable bonds is 3. The van der Waals surface area contributed by atoms with Crippen LogP contribution in [-0.4, -0.2) is 13.6 Å². The fraction of sp³-hybridized carbons (Fsp3) is 0.176. The first-order valence-corrected chi connectivity index (χ1v) is 7.76. The maximum atomic E-state index is 5.94. The molecule has 2 aromatic carbocycles. The lowest BCUT2D eigenvalue weighted by molar-refractivity contribution is 0.631. The van der Waals surface area contributed by atoms with E-state index in [1.54, 1.807) is 0 Å². The van der Waals surface area contributed by atoms with Crippen molar-refractivity contribution in [2.45, 2.75) is 6.92 Å². The van der Waals surface area contributed by atoms with Gasteiger partial charge in [0, 0.05) is 33.8 Å². The SMILES string of the molecule is CCN(C)c1ccc(-c2cc3ccc(I)cc3o2)cc1. The van der Waals surface area contributed by atoms with Crippen molar-refractivity contribution in [3.63, 3.8) is 0 Å². The lowest BCUT2D eigenvalue weighted by Crippen LogP contribution is -2.15. The fourth-order valence-corrected chi connectivity index (χ4v) is 2.67. The Bertz CT molecular complexity index is 730. The predicted octanol–water partition coefficient (Wildman–Crippen LogP) is 5.16. The smallest absolute Gasteiger partial charge is 0.135 e. The summed E-state index contributed by atoms with van der Waals surface area (Å²) < 4.78 is 7.13. The molecule has 0 radical (unpaired) electrons. The first-order valence-electron chi connectivity index (χ1n) is 6.68. The molecular formula is C17H16INO. The van der Waals surface area contributed by atoms with Crippen molar-refractivity contribution < 1.29 is 4.42 Å². The van der Waals surface area contributed by atoms with Crippen molar-refractivity contribution in [3.05, 3.63) is 52.1 Å². The molecule has 0 fully saturated rings. The first kappa shape index (κ1) is 13.5. The number of halogens is 1. The molecule has 0 aliphatic carbocycles. The van der Waals surface area contributed by atoms with Crippen LogP contribution in [0.3, 0.4) is 0 Å². The second-order valence-corrected chi connectivity index (χ2v) is 6.10. The summed E-state index contributed by atoms with van der Waals surface area (Å²) in [4.78, 5) is 2.21. The van der Waals surface area contributed by atoms with Crippen molar-refractivity contribution in [2.24, 2.45) is 0 Å². The molecule has 0 bridgehead atoms. The van der Waals surface area contributed by atoms with Crippen LogP contribution in [0.25, 0.3) is 22.3 Å². The molecule has 0 aliphatic heterocycles. The summed E-state index contributed by atoms with van der Waals surface area (Å²) in [6, 6.07) is 16.9. The molecule has 2 nitrogen and oxygen atoms in total. The summed E-state index contributed by atoms with van der Waals surface area (Å²) in [5, 5.41) is 1.15. The van der Waals surface area contributed by atoms with Gasteiger partial charge in [-0.15, -0.1) is 0 Å². The van der Waals surface area contributed by atoms with Crippen LogP contribution in [0, 0.1) is 3.57 Å². The van der Waals surface area contributed by atoms with Gasteiger partial charge in [0.1, 0.15) is 11.3 Å². The largest absolute Gasteiger partial charge is 0.456 e. The van der Waals surface area contributed by atoms with Crippen LogP contribution in [0.15, 0.2) is 52.9 Å². The summed E-state index contributed by atoms with van der Waals surface area (Å²) in [5.41, 5.74) is 3.29. The van der Waals surface area contributed by atoms with Crippen molar-refractivity contribution in [1.82, 2.24) is 0 Å². The average molecular weight is 377 g/mol. The van der Waals surface area contributed by atoms with Gasteiger partial charge in [0.15, 0.2) is 0 Å². The molecule has 0 atom stereocenters. The molecule has 3 heteroatoms. The van der Waals surface area contributed by atoms with Crippen LogP contribution < -0.4 is 4.90 Å². The van der Waals surface area contributed by atoms with Gasteiger partial charge >= 0.3 is 0 Å². The van der Waals surface area contributed by atoms with Gasteiger partial charge in [-0.2, -0.15) is 0 Å². The summed E-state index contributed by atoms with van der Waals surface area (Å²) in [7, 11) is 2.10. The second-order valence-electron chi connectivity index (χ2n) is 4.85. The van der Waals surface area contributed by atoms with Crippen molar-refractivity contribution >= 4 is 39.2 Å². The zero-order valence-corrected chi connectivity index (χ0v) is 13.7. The summed E-state index contributed by atoms with van der Waals surface area (Å²) in [5.74, 6) is 0.924. The summed E-state index contributed by atoms with van der Waals surface area (Å²) >= 11 is 2.30. The standard InChI is InChI=1S/C17H16INO/c1-3-19(2)15-8-5-12(6-9-15)16-10-13-4-7-14(18)11-17(13)20-16/h4-11H,3H2,1-2H3. The molecular weight excluding hydrogens is 361 g/mol. The van der Waals surface area contributed by atoms with E-state index in [0.717, 1.165) is 28.8 Å². The van der Waals surface area contributed by atoms with Gasteiger partial charge in [-0.1, -0.05) is 6.07 Å². The molecule has 0 saturated heterocycles. The molecule has 0 spiro atoms. The zero-order chi connectivity index (χ0) is 14.1. The molecule has 20 heavy (non-hydrogen) atoms. The molecule has 0 unspecified atom stereocenters. The monoisotopic (exact) mass is 377 g/mol. The zero-order valence-electron chi connectivity index (χ0n) is 11.6. The van der Waals surface area contributed by atoms with E-state index >= 15 is 0 Å². The summed E-state index contributed by atoms with van der Waals surface area (Å²) in [6.07, 6.45) is 0. The Morgan fingerprint density at radius 2 is 1.80 bits per heavy atom. The highest BCUT2D eigenvalue weighted by atomic mass is 127. The predicted molar refractivity (Wildman–Crippen MR) is 93.3 cm³/mol. The number of benzene rings is 2. The van der Waals surface area contributed by atoms with Gasteiger partial charge in [-0.05, 0) is 72.0 Å². The van der Waals surface area contributed by atoms with Crippen molar-refractivity contribution in [2.75, 3.05) is 18.5 Å². The van der Waals surface area contributed by atoms with E-state index in [0.29, 0.717) is 0 Å². The molecule has 0 amide bonds. The lowest BCUT2D eigenvalue weighted by atomic mass is 10.1. The van der Waals surface area contributed by atoms with Crippen LogP contribution in [0.5, 0.6) is 0 Å². The third kappa shape index (κ3) is 2.54. The second kappa shape index (κ2) is 5.48. The third-order valence-electron chi connectivity index (χ3n) is 3.55.